The Morgan fingerprint density at radius 1 is 1.04 bits per heavy atom. The molecule has 0 unspecified atom stereocenters. The molecular weight excluding hydrogens is 312 g/mol. The van der Waals surface area contributed by atoms with Crippen LogP contribution < -0.4 is 15.2 Å². The van der Waals surface area contributed by atoms with E-state index in [1.807, 2.05) is 57.2 Å². The standard InChI is InChI=1S/C21H24N2O2/c1-14(2)24-18-6-8-20(15(3)12-18)25-21-9-5-17-13-16(10-11-22)4-7-19(17)23-21/h4-9,12-14H,10-11,22H2,1-3H3. The normalized spacial score (nSPS) is 11.1. The largest absolute Gasteiger partial charge is 0.491 e. The zero-order valence-corrected chi connectivity index (χ0v) is 15.0. The van der Waals surface area contributed by atoms with Gasteiger partial charge in [-0.05, 0) is 81.3 Å². The van der Waals surface area contributed by atoms with E-state index in [-0.39, 0.29) is 6.10 Å². The van der Waals surface area contributed by atoms with Gasteiger partial charge in [-0.1, -0.05) is 6.07 Å². The lowest BCUT2D eigenvalue weighted by molar-refractivity contribution is 0.242. The van der Waals surface area contributed by atoms with Crippen LogP contribution in [0.2, 0.25) is 0 Å². The molecule has 0 saturated heterocycles. The van der Waals surface area contributed by atoms with Crippen LogP contribution in [0.5, 0.6) is 17.4 Å². The van der Waals surface area contributed by atoms with E-state index in [4.69, 9.17) is 15.2 Å². The first-order chi connectivity index (χ1) is 12.0. The van der Waals surface area contributed by atoms with E-state index in [2.05, 4.69) is 17.1 Å². The number of hydrogen-bond acceptors (Lipinski definition) is 4. The van der Waals surface area contributed by atoms with Gasteiger partial charge < -0.3 is 15.2 Å². The molecule has 3 aromatic rings. The second-order valence-electron chi connectivity index (χ2n) is 6.41. The minimum atomic E-state index is 0.150. The number of rotatable bonds is 6. The van der Waals surface area contributed by atoms with Gasteiger partial charge in [0.05, 0.1) is 11.6 Å². The maximum Gasteiger partial charge on any atom is 0.219 e. The van der Waals surface area contributed by atoms with E-state index < -0.39 is 0 Å². The van der Waals surface area contributed by atoms with E-state index in [1.165, 1.54) is 5.56 Å². The van der Waals surface area contributed by atoms with Crippen molar-refractivity contribution in [1.29, 1.82) is 0 Å². The molecule has 0 atom stereocenters. The fraction of sp³-hybridized carbons (Fsp3) is 0.286. The van der Waals surface area contributed by atoms with E-state index in [1.54, 1.807) is 0 Å². The molecule has 130 valence electrons. The Hall–Kier alpha value is -2.59. The summed E-state index contributed by atoms with van der Waals surface area (Å²) in [7, 11) is 0. The van der Waals surface area contributed by atoms with E-state index in [0.717, 1.165) is 34.4 Å². The highest BCUT2D eigenvalue weighted by Gasteiger charge is 2.07. The van der Waals surface area contributed by atoms with Crippen LogP contribution in [0.4, 0.5) is 0 Å². The number of fused-ring (bicyclic) bond motifs is 1. The van der Waals surface area contributed by atoms with Gasteiger partial charge in [0.1, 0.15) is 11.5 Å². The maximum atomic E-state index is 5.97. The zero-order chi connectivity index (χ0) is 17.8. The predicted molar refractivity (Wildman–Crippen MR) is 102 cm³/mol. The first-order valence-corrected chi connectivity index (χ1v) is 8.60. The van der Waals surface area contributed by atoms with Crippen molar-refractivity contribution in [2.75, 3.05) is 6.54 Å². The molecule has 2 aromatic carbocycles. The number of pyridine rings is 1. The van der Waals surface area contributed by atoms with Gasteiger partial charge in [-0.2, -0.15) is 0 Å². The summed E-state index contributed by atoms with van der Waals surface area (Å²) in [5.74, 6) is 2.21. The second-order valence-corrected chi connectivity index (χ2v) is 6.41. The Bertz CT molecular complexity index is 875. The Morgan fingerprint density at radius 3 is 2.60 bits per heavy atom. The third-order valence-corrected chi connectivity index (χ3v) is 3.89. The molecule has 4 heteroatoms. The average molecular weight is 336 g/mol. The van der Waals surface area contributed by atoms with Gasteiger partial charge in [0, 0.05) is 11.5 Å². The first kappa shape index (κ1) is 17.2. The zero-order valence-electron chi connectivity index (χ0n) is 15.0. The molecule has 1 aromatic heterocycles. The molecule has 0 amide bonds. The van der Waals surface area contributed by atoms with Gasteiger partial charge in [-0.25, -0.2) is 4.98 Å². The molecule has 1 heterocycles. The van der Waals surface area contributed by atoms with Crippen LogP contribution in [-0.2, 0) is 6.42 Å². The van der Waals surface area contributed by atoms with Gasteiger partial charge in [-0.3, -0.25) is 0 Å². The van der Waals surface area contributed by atoms with Crippen molar-refractivity contribution >= 4 is 10.9 Å². The monoisotopic (exact) mass is 336 g/mol. The number of aromatic nitrogens is 1. The van der Waals surface area contributed by atoms with Crippen molar-refractivity contribution < 1.29 is 9.47 Å². The summed E-state index contributed by atoms with van der Waals surface area (Å²) in [5.41, 5.74) is 8.77. The van der Waals surface area contributed by atoms with Crippen LogP contribution in [0.15, 0.2) is 48.5 Å². The molecule has 0 radical (unpaired) electrons. The van der Waals surface area contributed by atoms with E-state index in [9.17, 15) is 0 Å². The van der Waals surface area contributed by atoms with E-state index in [0.29, 0.717) is 12.4 Å². The fourth-order valence-corrected chi connectivity index (χ4v) is 2.73. The summed E-state index contributed by atoms with van der Waals surface area (Å²) in [6.07, 6.45) is 1.02. The number of ether oxygens (including phenoxy) is 2. The molecule has 0 saturated carbocycles. The third kappa shape index (κ3) is 4.28. The van der Waals surface area contributed by atoms with Gasteiger partial charge in [0.15, 0.2) is 0 Å². The summed E-state index contributed by atoms with van der Waals surface area (Å²) < 4.78 is 11.7. The van der Waals surface area contributed by atoms with Crippen molar-refractivity contribution in [3.05, 3.63) is 59.7 Å². The molecule has 3 rings (SSSR count). The van der Waals surface area contributed by atoms with Gasteiger partial charge >= 0.3 is 0 Å². The van der Waals surface area contributed by atoms with E-state index >= 15 is 0 Å². The SMILES string of the molecule is Cc1cc(OC(C)C)ccc1Oc1ccc2cc(CCN)ccc2n1. The molecule has 0 fully saturated rings. The van der Waals surface area contributed by atoms with Crippen LogP contribution >= 0.6 is 0 Å². The highest BCUT2D eigenvalue weighted by Crippen LogP contribution is 2.29. The quantitative estimate of drug-likeness (QED) is 0.713. The Kier molecular flexibility index (Phi) is 5.19. The minimum Gasteiger partial charge on any atom is -0.491 e. The molecule has 4 nitrogen and oxygen atoms in total. The van der Waals surface area contributed by atoms with Gasteiger partial charge in [0.2, 0.25) is 5.88 Å². The minimum absolute atomic E-state index is 0.150. The Labute approximate surface area is 148 Å². The number of nitrogens with two attached hydrogens (primary N) is 1. The van der Waals surface area contributed by atoms with Crippen molar-refractivity contribution in [1.82, 2.24) is 4.98 Å². The van der Waals surface area contributed by atoms with Crippen LogP contribution in [0.25, 0.3) is 10.9 Å². The third-order valence-electron chi connectivity index (χ3n) is 3.89. The van der Waals surface area contributed by atoms with Crippen LogP contribution in [0.1, 0.15) is 25.0 Å². The second kappa shape index (κ2) is 7.53. The smallest absolute Gasteiger partial charge is 0.219 e. The summed E-state index contributed by atoms with van der Waals surface area (Å²) in [5, 5.41) is 1.09. The molecule has 2 N–H and O–H groups in total. The Morgan fingerprint density at radius 2 is 1.88 bits per heavy atom. The van der Waals surface area contributed by atoms with Crippen LogP contribution in [-0.4, -0.2) is 17.6 Å². The van der Waals surface area contributed by atoms with Gasteiger partial charge in [0.25, 0.3) is 0 Å². The van der Waals surface area contributed by atoms with Crippen LogP contribution in [0, 0.1) is 6.92 Å². The molecular formula is C21H24N2O2. The number of nitrogens with zero attached hydrogens (tertiary/aromatic N) is 1. The number of aryl methyl sites for hydroxylation is 1. The molecule has 25 heavy (non-hydrogen) atoms. The van der Waals surface area contributed by atoms with Crippen molar-refractivity contribution in [2.45, 2.75) is 33.3 Å². The first-order valence-electron chi connectivity index (χ1n) is 8.60. The predicted octanol–water partition coefficient (Wildman–Crippen LogP) is 4.62. The highest BCUT2D eigenvalue weighted by molar-refractivity contribution is 5.79. The molecule has 0 aliphatic heterocycles. The number of hydrogen-bond donors (Lipinski definition) is 1. The summed E-state index contributed by atoms with van der Waals surface area (Å²) in [6.45, 7) is 6.67. The van der Waals surface area contributed by atoms with Crippen molar-refractivity contribution in [2.24, 2.45) is 5.73 Å². The molecule has 0 spiro atoms. The van der Waals surface area contributed by atoms with Crippen molar-refractivity contribution in [3.8, 4) is 17.4 Å². The van der Waals surface area contributed by atoms with Gasteiger partial charge in [-0.15, -0.1) is 0 Å². The number of benzene rings is 2. The maximum absolute atomic E-state index is 5.97. The van der Waals surface area contributed by atoms with Crippen molar-refractivity contribution in [3.63, 3.8) is 0 Å². The summed E-state index contributed by atoms with van der Waals surface area (Å²) in [6, 6.07) is 16.0. The highest BCUT2D eigenvalue weighted by atomic mass is 16.5. The lowest BCUT2D eigenvalue weighted by atomic mass is 10.1. The topological polar surface area (TPSA) is 57.4 Å². The lowest BCUT2D eigenvalue weighted by Gasteiger charge is -2.13. The molecule has 0 aliphatic rings. The fourth-order valence-electron chi connectivity index (χ4n) is 2.73. The molecule has 0 bridgehead atoms. The summed E-state index contributed by atoms with van der Waals surface area (Å²) >= 11 is 0. The summed E-state index contributed by atoms with van der Waals surface area (Å²) in [4.78, 5) is 4.60. The van der Waals surface area contributed by atoms with Crippen LogP contribution in [0.3, 0.4) is 0 Å². The molecule has 0 aliphatic carbocycles. The Balaban J connectivity index is 1.81. The average Bonchev–Trinajstić information content (AvgIpc) is 2.57. The lowest BCUT2D eigenvalue weighted by Crippen LogP contribution is -2.05.